The number of aryl methyl sites for hydroxylation is 1. The van der Waals surface area contributed by atoms with Gasteiger partial charge in [-0.3, -0.25) is 24.1 Å². The van der Waals surface area contributed by atoms with Crippen molar-refractivity contribution < 1.29 is 28.2 Å². The summed E-state index contributed by atoms with van der Waals surface area (Å²) in [7, 11) is 0. The highest BCUT2D eigenvalue weighted by atomic mass is 32.2. The zero-order valence-corrected chi connectivity index (χ0v) is 27.7. The van der Waals surface area contributed by atoms with Crippen LogP contribution in [0.1, 0.15) is 35.3 Å². The summed E-state index contributed by atoms with van der Waals surface area (Å²) < 4.78 is 25.6. The molecule has 2 aliphatic carbocycles. The van der Waals surface area contributed by atoms with Gasteiger partial charge in [0.05, 0.1) is 29.2 Å². The van der Waals surface area contributed by atoms with Gasteiger partial charge in [-0.25, -0.2) is 4.39 Å². The van der Waals surface area contributed by atoms with E-state index >= 15 is 0 Å². The van der Waals surface area contributed by atoms with E-state index in [-0.39, 0.29) is 58.1 Å². The van der Waals surface area contributed by atoms with E-state index in [1.807, 2.05) is 50.2 Å². The smallest absolute Gasteiger partial charge is 0.305 e. The number of aromatic amines is 1. The molecule has 4 aromatic rings. The van der Waals surface area contributed by atoms with Crippen LogP contribution < -0.4 is 24.6 Å². The van der Waals surface area contributed by atoms with Gasteiger partial charge < -0.3 is 19.8 Å². The Bertz CT molecular complexity index is 1990. The van der Waals surface area contributed by atoms with E-state index in [1.54, 1.807) is 17.8 Å². The van der Waals surface area contributed by atoms with Crippen LogP contribution in [0.15, 0.2) is 76.6 Å². The average molecular weight is 686 g/mol. The Kier molecular flexibility index (Phi) is 7.67. The van der Waals surface area contributed by atoms with Gasteiger partial charge in [0.2, 0.25) is 11.8 Å². The van der Waals surface area contributed by atoms with Gasteiger partial charge in [0.25, 0.3) is 5.91 Å². The predicted octanol–water partition coefficient (Wildman–Crippen LogP) is 5.98. The number of hydrogen-bond donors (Lipinski definition) is 2. The van der Waals surface area contributed by atoms with Crippen LogP contribution in [0.25, 0.3) is 0 Å². The first-order valence-corrected chi connectivity index (χ1v) is 17.7. The van der Waals surface area contributed by atoms with E-state index in [4.69, 9.17) is 9.47 Å². The number of nitrogens with zero attached hydrogens (tertiary/aromatic N) is 1. The van der Waals surface area contributed by atoms with Crippen molar-refractivity contribution in [2.45, 2.75) is 36.5 Å². The Morgan fingerprint density at radius 1 is 0.958 bits per heavy atom. The van der Waals surface area contributed by atoms with Crippen molar-refractivity contribution in [1.82, 2.24) is 4.98 Å². The quantitative estimate of drug-likeness (QED) is 0.219. The fourth-order valence-corrected chi connectivity index (χ4v) is 11.2. The van der Waals surface area contributed by atoms with Crippen molar-refractivity contribution in [2.75, 3.05) is 23.4 Å². The molecule has 2 bridgehead atoms. The highest BCUT2D eigenvalue weighted by molar-refractivity contribution is 8.00. The maximum atomic E-state index is 14.0. The zero-order chi connectivity index (χ0) is 33.3. The molecule has 246 valence electrons. The molecule has 2 aliphatic heterocycles. The minimum absolute atomic E-state index is 0.00773. The molecule has 8 rings (SSSR count). The zero-order valence-electron chi connectivity index (χ0n) is 26.1. The summed E-state index contributed by atoms with van der Waals surface area (Å²) >= 11 is 2.79. The fraction of sp³-hybridized carbons (Fsp3) is 0.333. The van der Waals surface area contributed by atoms with E-state index in [9.17, 15) is 23.6 Å². The van der Waals surface area contributed by atoms with Crippen molar-refractivity contribution in [3.05, 3.63) is 98.2 Å². The van der Waals surface area contributed by atoms with Crippen molar-refractivity contribution in [3.63, 3.8) is 0 Å². The predicted molar refractivity (Wildman–Crippen MR) is 180 cm³/mol. The number of rotatable bonds is 8. The summed E-state index contributed by atoms with van der Waals surface area (Å²) in [6, 6.07) is 18.6. The summed E-state index contributed by atoms with van der Waals surface area (Å²) in [6.45, 7) is 4.00. The second kappa shape index (κ2) is 11.9. The van der Waals surface area contributed by atoms with Crippen LogP contribution in [0.2, 0.25) is 0 Å². The number of thiazole rings is 1. The summed E-state index contributed by atoms with van der Waals surface area (Å²) in [5, 5.41) is 3.66. The first-order valence-electron chi connectivity index (χ1n) is 16.0. The third kappa shape index (κ3) is 5.04. The molecule has 1 aromatic heterocycles. The second-order valence-corrected chi connectivity index (χ2v) is 15.0. The molecule has 0 spiro atoms. The van der Waals surface area contributed by atoms with Crippen LogP contribution in [0.3, 0.4) is 0 Å². The Hall–Kier alpha value is -4.42. The number of amides is 3. The lowest BCUT2D eigenvalue weighted by atomic mass is 9.68. The molecule has 2 N–H and O–H groups in total. The summed E-state index contributed by atoms with van der Waals surface area (Å²) in [5.74, 6) is -1.57. The number of benzene rings is 3. The van der Waals surface area contributed by atoms with E-state index in [0.29, 0.717) is 29.5 Å². The van der Waals surface area contributed by atoms with E-state index in [1.165, 1.54) is 40.5 Å². The number of ether oxygens (including phenoxy) is 2. The standard InChI is InChI=1S/C36H32FN3O6S2/c1-3-45-25-14-18(6-13-24(25)46-16-26(41)38-20-9-4-17(2)5-10-20)27-28-22-15-23(31(28)47-33-32(27)48-36(44)39-33)30-29(22)34(42)40(35(30)43)21-11-7-19(37)8-12-21/h4-14,22-23,27-31H,3,15-16H2,1-2H3,(H,38,41)(H,39,44)/t22?,23?,27-,28?,29?,30?,31?/m1/s1. The molecule has 3 amide bonds. The third-order valence-corrected chi connectivity index (χ3v) is 12.7. The van der Waals surface area contributed by atoms with Crippen LogP contribution in [0, 0.1) is 42.3 Å². The highest BCUT2D eigenvalue weighted by Gasteiger charge is 2.69. The lowest BCUT2D eigenvalue weighted by Crippen LogP contribution is -2.42. The number of aromatic nitrogens is 1. The van der Waals surface area contributed by atoms with E-state index < -0.39 is 17.7 Å². The van der Waals surface area contributed by atoms with Gasteiger partial charge in [-0.15, -0.1) is 11.8 Å². The molecule has 7 atom stereocenters. The summed E-state index contributed by atoms with van der Waals surface area (Å²) in [6.07, 6.45) is 0.748. The van der Waals surface area contributed by atoms with Crippen molar-refractivity contribution >= 4 is 52.2 Å². The molecule has 12 heteroatoms. The molecule has 0 radical (unpaired) electrons. The Morgan fingerprint density at radius 3 is 2.42 bits per heavy atom. The Labute approximate surface area is 283 Å². The van der Waals surface area contributed by atoms with Crippen LogP contribution >= 0.6 is 23.1 Å². The SMILES string of the molecule is CCOc1cc([C@H]2c3sc(=O)[nH]c3SC3C4CC(C5C(=O)N(c6ccc(F)cc6)C(=O)C45)C32)ccc1OCC(=O)Nc1ccc(C)cc1. The fourth-order valence-electron chi connectivity index (χ4n) is 8.32. The molecule has 4 aliphatic rings. The maximum Gasteiger partial charge on any atom is 0.305 e. The molecule has 1 saturated heterocycles. The molecule has 6 unspecified atom stereocenters. The number of fused-ring (bicyclic) bond motifs is 9. The number of carbonyl (C=O) groups is 3. The number of imide groups is 1. The van der Waals surface area contributed by atoms with Gasteiger partial charge in [0.15, 0.2) is 18.1 Å². The first kappa shape index (κ1) is 30.9. The number of carbonyl (C=O) groups excluding carboxylic acids is 3. The number of thioether (sulfide) groups is 1. The van der Waals surface area contributed by atoms with Crippen molar-refractivity contribution in [2.24, 2.45) is 29.6 Å². The van der Waals surface area contributed by atoms with E-state index in [2.05, 4.69) is 10.3 Å². The van der Waals surface area contributed by atoms with Gasteiger partial charge in [-0.1, -0.05) is 35.1 Å². The van der Waals surface area contributed by atoms with Gasteiger partial charge in [-0.05, 0) is 92.1 Å². The van der Waals surface area contributed by atoms with E-state index in [0.717, 1.165) is 27.5 Å². The molecule has 3 aromatic carbocycles. The van der Waals surface area contributed by atoms with Gasteiger partial charge in [0.1, 0.15) is 5.82 Å². The van der Waals surface area contributed by atoms with Gasteiger partial charge in [0, 0.05) is 21.7 Å². The molecule has 9 nitrogen and oxygen atoms in total. The lowest BCUT2D eigenvalue weighted by molar-refractivity contribution is -0.123. The van der Waals surface area contributed by atoms with Crippen LogP contribution in [0.5, 0.6) is 11.5 Å². The normalized spacial score (nSPS) is 26.6. The average Bonchev–Trinajstić information content (AvgIpc) is 3.81. The molecule has 2 saturated carbocycles. The number of nitrogens with one attached hydrogen (secondary N) is 2. The Morgan fingerprint density at radius 2 is 1.69 bits per heavy atom. The largest absolute Gasteiger partial charge is 0.490 e. The molecular formula is C36H32FN3O6S2. The molecule has 3 fully saturated rings. The monoisotopic (exact) mass is 685 g/mol. The summed E-state index contributed by atoms with van der Waals surface area (Å²) in [5.41, 5.74) is 3.07. The Balaban J connectivity index is 1.10. The number of hydrogen-bond acceptors (Lipinski definition) is 8. The van der Waals surface area contributed by atoms with Crippen molar-refractivity contribution in [3.8, 4) is 11.5 Å². The van der Waals surface area contributed by atoms with Crippen molar-refractivity contribution in [1.29, 1.82) is 0 Å². The minimum atomic E-state index is -0.477. The van der Waals surface area contributed by atoms with Crippen LogP contribution in [0.4, 0.5) is 15.8 Å². The van der Waals surface area contributed by atoms with Gasteiger partial charge in [-0.2, -0.15) is 0 Å². The van der Waals surface area contributed by atoms with Crippen LogP contribution in [-0.2, 0) is 14.4 Å². The van der Waals surface area contributed by atoms with Crippen LogP contribution in [-0.4, -0.2) is 41.2 Å². The first-order chi connectivity index (χ1) is 23.2. The lowest BCUT2D eigenvalue weighted by Gasteiger charge is -2.43. The molecule has 3 heterocycles. The highest BCUT2D eigenvalue weighted by Crippen LogP contribution is 2.68. The number of anilines is 2. The minimum Gasteiger partial charge on any atom is -0.490 e. The third-order valence-electron chi connectivity index (χ3n) is 10.1. The number of H-pyrrole nitrogens is 1. The second-order valence-electron chi connectivity index (χ2n) is 12.8. The molecular weight excluding hydrogens is 654 g/mol. The topological polar surface area (TPSA) is 118 Å². The summed E-state index contributed by atoms with van der Waals surface area (Å²) in [4.78, 5) is 58.2. The maximum absolute atomic E-state index is 14.0. The van der Waals surface area contributed by atoms with Gasteiger partial charge >= 0.3 is 4.87 Å². The molecule has 48 heavy (non-hydrogen) atoms. The number of halogens is 1.